The summed E-state index contributed by atoms with van der Waals surface area (Å²) >= 11 is 0. The highest BCUT2D eigenvalue weighted by molar-refractivity contribution is 5.30. The maximum atomic E-state index is 12.3. The van der Waals surface area contributed by atoms with E-state index in [0.717, 1.165) is 17.5 Å². The summed E-state index contributed by atoms with van der Waals surface area (Å²) in [4.78, 5) is 0. The van der Waals surface area contributed by atoms with E-state index in [1.165, 1.54) is 0 Å². The van der Waals surface area contributed by atoms with Gasteiger partial charge in [-0.2, -0.15) is 0 Å². The number of halogens is 2. The predicted octanol–water partition coefficient (Wildman–Crippen LogP) is 2.95. The molecule has 0 amide bonds. The predicted molar refractivity (Wildman–Crippen MR) is 58.2 cm³/mol. The van der Waals surface area contributed by atoms with Gasteiger partial charge in [-0.3, -0.25) is 0 Å². The minimum atomic E-state index is -2.28. The number of hydrogen-bond acceptors (Lipinski definition) is 1. The topological polar surface area (TPSA) is 26.0 Å². The van der Waals surface area contributed by atoms with Gasteiger partial charge in [0.05, 0.1) is 0 Å². The largest absolute Gasteiger partial charge is 0.330 e. The molecule has 1 atom stereocenters. The Labute approximate surface area is 89.3 Å². The van der Waals surface area contributed by atoms with Gasteiger partial charge in [-0.15, -0.1) is 0 Å². The zero-order valence-corrected chi connectivity index (χ0v) is 8.92. The third kappa shape index (κ3) is 3.59. The van der Waals surface area contributed by atoms with Gasteiger partial charge in [0, 0.05) is 6.42 Å². The Hall–Kier alpha value is -0.960. The number of benzene rings is 1. The van der Waals surface area contributed by atoms with Gasteiger partial charge in [0.25, 0.3) is 0 Å². The molecule has 0 spiro atoms. The van der Waals surface area contributed by atoms with E-state index in [9.17, 15) is 8.78 Å². The van der Waals surface area contributed by atoms with Gasteiger partial charge in [-0.25, -0.2) is 8.78 Å². The highest BCUT2D eigenvalue weighted by Gasteiger charge is 2.12. The zero-order chi connectivity index (χ0) is 11.3. The average molecular weight is 213 g/mol. The lowest BCUT2D eigenvalue weighted by molar-refractivity contribution is 0.148. The number of nitrogens with two attached hydrogens (primary N) is 1. The third-order valence-corrected chi connectivity index (χ3v) is 2.56. The van der Waals surface area contributed by atoms with Gasteiger partial charge in [0.1, 0.15) is 0 Å². The quantitative estimate of drug-likeness (QED) is 0.799. The second-order valence-electron chi connectivity index (χ2n) is 3.77. The van der Waals surface area contributed by atoms with Gasteiger partial charge in [0.2, 0.25) is 6.43 Å². The summed E-state index contributed by atoms with van der Waals surface area (Å²) in [7, 11) is 0. The second-order valence-corrected chi connectivity index (χ2v) is 3.77. The minimum absolute atomic E-state index is 0.162. The molecule has 0 saturated carbocycles. The molecule has 1 aromatic carbocycles. The maximum absolute atomic E-state index is 12.3. The van der Waals surface area contributed by atoms with Crippen molar-refractivity contribution < 1.29 is 8.78 Å². The number of hydrogen-bond donors (Lipinski definition) is 1. The SMILES string of the molecule is CC(CCN)c1ccccc1CC(F)F. The van der Waals surface area contributed by atoms with Crippen molar-refractivity contribution in [1.29, 1.82) is 0 Å². The van der Waals surface area contributed by atoms with Crippen LogP contribution in [-0.2, 0) is 6.42 Å². The highest BCUT2D eigenvalue weighted by Crippen LogP contribution is 2.24. The van der Waals surface area contributed by atoms with Crippen molar-refractivity contribution in [2.45, 2.75) is 32.1 Å². The molecule has 0 heterocycles. The van der Waals surface area contributed by atoms with E-state index < -0.39 is 6.43 Å². The molecule has 0 bridgehead atoms. The molecular weight excluding hydrogens is 196 g/mol. The molecule has 2 N–H and O–H groups in total. The first-order valence-corrected chi connectivity index (χ1v) is 5.21. The molecule has 15 heavy (non-hydrogen) atoms. The molecule has 1 rings (SSSR count). The van der Waals surface area contributed by atoms with Crippen LogP contribution in [-0.4, -0.2) is 13.0 Å². The lowest BCUT2D eigenvalue weighted by Gasteiger charge is -2.15. The Morgan fingerprint density at radius 3 is 2.53 bits per heavy atom. The van der Waals surface area contributed by atoms with E-state index in [1.807, 2.05) is 19.1 Å². The fourth-order valence-corrected chi connectivity index (χ4v) is 1.77. The average Bonchev–Trinajstić information content (AvgIpc) is 2.18. The second kappa shape index (κ2) is 5.81. The Kier molecular flexibility index (Phi) is 4.69. The van der Waals surface area contributed by atoms with Crippen LogP contribution in [0.4, 0.5) is 8.78 Å². The van der Waals surface area contributed by atoms with Crippen LogP contribution in [0.15, 0.2) is 24.3 Å². The van der Waals surface area contributed by atoms with Gasteiger partial charge >= 0.3 is 0 Å². The van der Waals surface area contributed by atoms with E-state index in [1.54, 1.807) is 12.1 Å². The molecule has 1 unspecified atom stereocenters. The van der Waals surface area contributed by atoms with Gasteiger partial charge in [-0.05, 0) is 30.0 Å². The molecule has 0 aliphatic heterocycles. The summed E-state index contributed by atoms with van der Waals surface area (Å²) in [5.74, 6) is 0.255. The van der Waals surface area contributed by atoms with E-state index in [0.29, 0.717) is 6.54 Å². The zero-order valence-electron chi connectivity index (χ0n) is 8.92. The van der Waals surface area contributed by atoms with E-state index in [4.69, 9.17) is 5.73 Å². The van der Waals surface area contributed by atoms with E-state index in [2.05, 4.69) is 0 Å². The highest BCUT2D eigenvalue weighted by atomic mass is 19.3. The molecule has 1 nitrogen and oxygen atoms in total. The van der Waals surface area contributed by atoms with Crippen LogP contribution in [0.1, 0.15) is 30.4 Å². The lowest BCUT2D eigenvalue weighted by atomic mass is 9.92. The van der Waals surface area contributed by atoms with Crippen molar-refractivity contribution in [2.75, 3.05) is 6.54 Å². The summed E-state index contributed by atoms with van der Waals surface area (Å²) in [5.41, 5.74) is 7.22. The van der Waals surface area contributed by atoms with Gasteiger partial charge in [0.15, 0.2) is 0 Å². The third-order valence-electron chi connectivity index (χ3n) is 2.56. The molecule has 0 radical (unpaired) electrons. The molecular formula is C12H17F2N. The van der Waals surface area contributed by atoms with Crippen molar-refractivity contribution in [3.63, 3.8) is 0 Å². The fourth-order valence-electron chi connectivity index (χ4n) is 1.77. The first kappa shape index (κ1) is 12.1. The molecule has 0 saturated heterocycles. The van der Waals surface area contributed by atoms with Crippen LogP contribution >= 0.6 is 0 Å². The van der Waals surface area contributed by atoms with Crippen LogP contribution in [0.25, 0.3) is 0 Å². The van der Waals surface area contributed by atoms with E-state index in [-0.39, 0.29) is 12.3 Å². The Morgan fingerprint density at radius 1 is 1.27 bits per heavy atom. The summed E-state index contributed by atoms with van der Waals surface area (Å²) in [6, 6.07) is 7.38. The van der Waals surface area contributed by atoms with Crippen molar-refractivity contribution >= 4 is 0 Å². The summed E-state index contributed by atoms with van der Waals surface area (Å²) in [6.45, 7) is 2.61. The van der Waals surface area contributed by atoms with Gasteiger partial charge < -0.3 is 5.73 Å². The van der Waals surface area contributed by atoms with Crippen LogP contribution in [0, 0.1) is 0 Å². The van der Waals surface area contributed by atoms with Crippen LogP contribution in [0.5, 0.6) is 0 Å². The van der Waals surface area contributed by atoms with Gasteiger partial charge in [-0.1, -0.05) is 31.2 Å². The normalized spacial score (nSPS) is 13.1. The molecule has 0 aromatic heterocycles. The number of alkyl halides is 2. The van der Waals surface area contributed by atoms with Crippen LogP contribution in [0.2, 0.25) is 0 Å². The molecule has 1 aromatic rings. The van der Waals surface area contributed by atoms with Crippen molar-refractivity contribution in [3.05, 3.63) is 35.4 Å². The Balaban J connectivity index is 2.85. The number of rotatable bonds is 5. The Bertz CT molecular complexity index is 299. The molecule has 0 fully saturated rings. The van der Waals surface area contributed by atoms with E-state index >= 15 is 0 Å². The maximum Gasteiger partial charge on any atom is 0.242 e. The standard InChI is InChI=1S/C12H17F2N/c1-9(6-7-15)11-5-3-2-4-10(11)8-12(13)14/h2-5,9,12H,6-8,15H2,1H3. The summed E-state index contributed by atoms with van der Waals surface area (Å²) in [6.07, 6.45) is -1.61. The monoisotopic (exact) mass is 213 g/mol. The van der Waals surface area contributed by atoms with Crippen LogP contribution in [0.3, 0.4) is 0 Å². The molecule has 0 aliphatic carbocycles. The first-order chi connectivity index (χ1) is 7.15. The van der Waals surface area contributed by atoms with Crippen molar-refractivity contribution in [3.8, 4) is 0 Å². The van der Waals surface area contributed by atoms with Crippen molar-refractivity contribution in [1.82, 2.24) is 0 Å². The minimum Gasteiger partial charge on any atom is -0.330 e. The molecule has 0 aliphatic rings. The molecule has 84 valence electrons. The summed E-state index contributed by atoms with van der Waals surface area (Å²) < 4.78 is 24.7. The van der Waals surface area contributed by atoms with Crippen LogP contribution < -0.4 is 5.73 Å². The summed E-state index contributed by atoms with van der Waals surface area (Å²) in [5, 5.41) is 0. The fraction of sp³-hybridized carbons (Fsp3) is 0.500. The smallest absolute Gasteiger partial charge is 0.242 e. The first-order valence-electron chi connectivity index (χ1n) is 5.21. The Morgan fingerprint density at radius 2 is 1.93 bits per heavy atom. The molecule has 3 heteroatoms. The van der Waals surface area contributed by atoms with Crippen molar-refractivity contribution in [2.24, 2.45) is 5.73 Å². The lowest BCUT2D eigenvalue weighted by Crippen LogP contribution is -2.08.